The summed E-state index contributed by atoms with van der Waals surface area (Å²) < 4.78 is 5.51. The quantitative estimate of drug-likeness (QED) is 0.664. The van der Waals surface area contributed by atoms with Gasteiger partial charge in [-0.15, -0.1) is 0 Å². The Kier molecular flexibility index (Phi) is 8.02. The highest BCUT2D eigenvalue weighted by atomic mass is 16.5. The number of hydrogen-bond donors (Lipinski definition) is 2. The van der Waals surface area contributed by atoms with E-state index in [1.165, 1.54) is 24.0 Å². The standard InChI is InChI=1S/C26H40N2O3/c1-31-22-13-11-20(12-14-22)26(30)24(18-28-15-4-5-16-28)27-25(29)17-21-9-6-8-19-7-2-3-10-23(19)21/h2-3,7,10,20-22,24,26,30H,4-6,8-9,11-18H2,1H3,(H,27,29)/t20?,21?,22?,24-,26-/m1/s1. The fourth-order valence-corrected chi connectivity index (χ4v) is 6.03. The Bertz CT molecular complexity index is 710. The average Bonchev–Trinajstić information content (AvgIpc) is 3.32. The highest BCUT2D eigenvalue weighted by molar-refractivity contribution is 5.77. The Morgan fingerprint density at radius 2 is 1.87 bits per heavy atom. The van der Waals surface area contributed by atoms with Crippen molar-refractivity contribution in [1.82, 2.24) is 10.2 Å². The van der Waals surface area contributed by atoms with E-state index in [-0.39, 0.29) is 17.9 Å². The van der Waals surface area contributed by atoms with Crippen molar-refractivity contribution in [3.8, 4) is 0 Å². The molecule has 1 heterocycles. The molecule has 3 aliphatic rings. The highest BCUT2D eigenvalue weighted by Gasteiger charge is 2.34. The van der Waals surface area contributed by atoms with Crippen molar-refractivity contribution < 1.29 is 14.6 Å². The molecule has 1 aromatic carbocycles. The van der Waals surface area contributed by atoms with Gasteiger partial charge >= 0.3 is 0 Å². The molecule has 5 heteroatoms. The number of amides is 1. The molecule has 5 nitrogen and oxygen atoms in total. The maximum Gasteiger partial charge on any atom is 0.220 e. The van der Waals surface area contributed by atoms with Crippen LogP contribution in [-0.4, -0.2) is 60.9 Å². The number of carbonyl (C=O) groups excluding carboxylic acids is 1. The van der Waals surface area contributed by atoms with Crippen LogP contribution in [0.25, 0.3) is 0 Å². The second-order valence-corrected chi connectivity index (χ2v) is 9.94. The molecule has 0 spiro atoms. The summed E-state index contributed by atoms with van der Waals surface area (Å²) in [5.74, 6) is 0.636. The molecule has 1 aromatic rings. The maximum absolute atomic E-state index is 13.1. The summed E-state index contributed by atoms with van der Waals surface area (Å²) in [7, 11) is 1.78. The molecule has 1 amide bonds. The van der Waals surface area contributed by atoms with Gasteiger partial charge in [-0.05, 0) is 93.8 Å². The first-order valence-electron chi connectivity index (χ1n) is 12.4. The van der Waals surface area contributed by atoms with Crippen molar-refractivity contribution >= 4 is 5.91 Å². The number of likely N-dealkylation sites (tertiary alicyclic amines) is 1. The second kappa shape index (κ2) is 10.9. The van der Waals surface area contributed by atoms with Gasteiger partial charge in [-0.25, -0.2) is 0 Å². The van der Waals surface area contributed by atoms with Gasteiger partial charge < -0.3 is 20.1 Å². The van der Waals surface area contributed by atoms with Gasteiger partial charge in [-0.2, -0.15) is 0 Å². The molecule has 172 valence electrons. The molecule has 2 N–H and O–H groups in total. The van der Waals surface area contributed by atoms with Crippen LogP contribution >= 0.6 is 0 Å². The number of hydrogen-bond acceptors (Lipinski definition) is 4. The lowest BCUT2D eigenvalue weighted by atomic mass is 9.80. The van der Waals surface area contributed by atoms with Gasteiger partial charge in [-0.1, -0.05) is 24.3 Å². The predicted octanol–water partition coefficient (Wildman–Crippen LogP) is 3.64. The lowest BCUT2D eigenvalue weighted by Crippen LogP contribution is -2.53. The van der Waals surface area contributed by atoms with Crippen LogP contribution in [0.1, 0.15) is 74.8 Å². The normalized spacial score (nSPS) is 28.6. The van der Waals surface area contributed by atoms with Gasteiger partial charge in [0, 0.05) is 20.1 Å². The van der Waals surface area contributed by atoms with E-state index in [0.717, 1.165) is 64.6 Å². The number of carbonyl (C=O) groups is 1. The molecule has 2 fully saturated rings. The number of aliphatic hydroxyl groups excluding tert-OH is 1. The van der Waals surface area contributed by atoms with Crippen LogP contribution in [-0.2, 0) is 16.0 Å². The van der Waals surface area contributed by atoms with Crippen LogP contribution in [0.5, 0.6) is 0 Å². The molecule has 1 unspecified atom stereocenters. The minimum atomic E-state index is -0.485. The van der Waals surface area contributed by atoms with E-state index in [9.17, 15) is 9.90 Å². The molecule has 0 bridgehead atoms. The minimum Gasteiger partial charge on any atom is -0.391 e. The largest absolute Gasteiger partial charge is 0.391 e. The Labute approximate surface area is 187 Å². The summed E-state index contributed by atoms with van der Waals surface area (Å²) >= 11 is 0. The van der Waals surface area contributed by atoms with E-state index >= 15 is 0 Å². The molecule has 4 rings (SSSR count). The molecular weight excluding hydrogens is 388 g/mol. The minimum absolute atomic E-state index is 0.0931. The van der Waals surface area contributed by atoms with Crippen molar-refractivity contribution in [3.05, 3.63) is 35.4 Å². The third-order valence-electron chi connectivity index (χ3n) is 7.87. The molecule has 3 atom stereocenters. The van der Waals surface area contributed by atoms with Gasteiger partial charge in [0.15, 0.2) is 0 Å². The van der Waals surface area contributed by atoms with Crippen molar-refractivity contribution in [3.63, 3.8) is 0 Å². The number of aliphatic hydroxyl groups is 1. The zero-order valence-electron chi connectivity index (χ0n) is 19.1. The summed E-state index contributed by atoms with van der Waals surface area (Å²) in [6.07, 6.45) is 10.1. The Morgan fingerprint density at radius 1 is 1.13 bits per heavy atom. The van der Waals surface area contributed by atoms with E-state index in [4.69, 9.17) is 4.74 Å². The summed E-state index contributed by atoms with van der Waals surface area (Å²) in [6, 6.07) is 8.40. The fraction of sp³-hybridized carbons (Fsp3) is 0.731. The Morgan fingerprint density at radius 3 is 2.61 bits per heavy atom. The summed E-state index contributed by atoms with van der Waals surface area (Å²) in [5.41, 5.74) is 2.74. The molecule has 31 heavy (non-hydrogen) atoms. The highest BCUT2D eigenvalue weighted by Crippen LogP contribution is 2.34. The molecule has 2 aliphatic carbocycles. The molecule has 1 saturated carbocycles. The zero-order chi connectivity index (χ0) is 21.6. The van der Waals surface area contributed by atoms with Crippen LogP contribution in [0.3, 0.4) is 0 Å². The van der Waals surface area contributed by atoms with E-state index in [1.807, 2.05) is 0 Å². The van der Waals surface area contributed by atoms with Crippen molar-refractivity contribution in [2.24, 2.45) is 5.92 Å². The summed E-state index contributed by atoms with van der Waals surface area (Å²) in [5, 5.41) is 14.6. The van der Waals surface area contributed by atoms with E-state index in [1.54, 1.807) is 7.11 Å². The topological polar surface area (TPSA) is 61.8 Å². The first kappa shape index (κ1) is 22.8. The molecular formula is C26H40N2O3. The van der Waals surface area contributed by atoms with E-state index < -0.39 is 6.10 Å². The molecule has 0 radical (unpaired) electrons. The number of nitrogens with zero attached hydrogens (tertiary/aromatic N) is 1. The van der Waals surface area contributed by atoms with E-state index in [2.05, 4.69) is 34.5 Å². The number of methoxy groups -OCH3 is 1. The third kappa shape index (κ3) is 5.88. The Hall–Kier alpha value is -1.43. The third-order valence-corrected chi connectivity index (χ3v) is 7.87. The zero-order valence-corrected chi connectivity index (χ0v) is 19.1. The number of nitrogens with one attached hydrogen (secondary N) is 1. The van der Waals surface area contributed by atoms with Gasteiger partial charge in [0.25, 0.3) is 0 Å². The fourth-order valence-electron chi connectivity index (χ4n) is 6.03. The van der Waals surface area contributed by atoms with Crippen LogP contribution in [0.15, 0.2) is 24.3 Å². The van der Waals surface area contributed by atoms with Crippen LogP contribution in [0.2, 0.25) is 0 Å². The van der Waals surface area contributed by atoms with Gasteiger partial charge in [-0.3, -0.25) is 4.79 Å². The number of ether oxygens (including phenoxy) is 1. The smallest absolute Gasteiger partial charge is 0.220 e. The van der Waals surface area contributed by atoms with Crippen molar-refractivity contribution in [1.29, 1.82) is 0 Å². The maximum atomic E-state index is 13.1. The first-order chi connectivity index (χ1) is 15.1. The Balaban J connectivity index is 1.39. The van der Waals surface area contributed by atoms with Gasteiger partial charge in [0.05, 0.1) is 18.2 Å². The van der Waals surface area contributed by atoms with E-state index in [0.29, 0.717) is 18.4 Å². The molecule has 1 aliphatic heterocycles. The second-order valence-electron chi connectivity index (χ2n) is 9.94. The van der Waals surface area contributed by atoms with Crippen molar-refractivity contribution in [2.75, 3.05) is 26.7 Å². The lowest BCUT2D eigenvalue weighted by Gasteiger charge is -2.36. The number of benzene rings is 1. The molecule has 0 aromatic heterocycles. The van der Waals surface area contributed by atoms with Crippen LogP contribution in [0, 0.1) is 5.92 Å². The monoisotopic (exact) mass is 428 g/mol. The molecule has 1 saturated heterocycles. The lowest BCUT2D eigenvalue weighted by molar-refractivity contribution is -0.124. The summed E-state index contributed by atoms with van der Waals surface area (Å²) in [4.78, 5) is 15.5. The van der Waals surface area contributed by atoms with Gasteiger partial charge in [0.2, 0.25) is 5.91 Å². The van der Waals surface area contributed by atoms with Crippen molar-refractivity contribution in [2.45, 2.75) is 88.4 Å². The predicted molar refractivity (Wildman–Crippen MR) is 123 cm³/mol. The number of aryl methyl sites for hydroxylation is 1. The van der Waals surface area contributed by atoms with Gasteiger partial charge in [0.1, 0.15) is 0 Å². The van der Waals surface area contributed by atoms with Crippen LogP contribution in [0.4, 0.5) is 0 Å². The van der Waals surface area contributed by atoms with Crippen LogP contribution < -0.4 is 5.32 Å². The summed E-state index contributed by atoms with van der Waals surface area (Å²) in [6.45, 7) is 2.91. The average molecular weight is 429 g/mol. The SMILES string of the molecule is COC1CCC([C@@H](O)[C@@H](CN2CCCC2)NC(=O)CC2CCCc3ccccc32)CC1. The first-order valence-corrected chi connectivity index (χ1v) is 12.4. The number of rotatable bonds is 8. The number of fused-ring (bicyclic) bond motifs is 1.